The Morgan fingerprint density at radius 1 is 1.07 bits per heavy atom. The zero-order valence-electron chi connectivity index (χ0n) is 25.1. The molecule has 3 amide bonds. The maximum Gasteiger partial charge on any atom is 0.323 e. The molecule has 0 unspecified atom stereocenters. The van der Waals surface area contributed by atoms with Gasteiger partial charge < -0.3 is 35.4 Å². The van der Waals surface area contributed by atoms with Gasteiger partial charge in [-0.05, 0) is 69.8 Å². The van der Waals surface area contributed by atoms with Crippen molar-refractivity contribution in [3.8, 4) is 5.75 Å². The van der Waals surface area contributed by atoms with Crippen LogP contribution in [0.1, 0.15) is 50.4 Å². The monoisotopic (exact) mass is 576 g/mol. The Bertz CT molecular complexity index is 1340. The SMILES string of the molecule is CNC[C@H]1OCCCC[C@@H](C)Oc2ccc(NC(=O)Nc3cccc4ccccc34)cc2C(=O)N([C@@H](C)CO)C[C@H]1C. The minimum atomic E-state index is -0.431. The van der Waals surface area contributed by atoms with Crippen molar-refractivity contribution in [1.29, 1.82) is 0 Å². The van der Waals surface area contributed by atoms with Crippen LogP contribution >= 0.6 is 0 Å². The molecule has 3 aromatic rings. The molecular formula is C33H44N4O5. The van der Waals surface area contributed by atoms with Crippen LogP contribution in [0.5, 0.6) is 5.75 Å². The van der Waals surface area contributed by atoms with Crippen LogP contribution in [0.15, 0.2) is 60.7 Å². The van der Waals surface area contributed by atoms with Crippen LogP contribution in [-0.4, -0.2) is 73.5 Å². The molecule has 1 heterocycles. The van der Waals surface area contributed by atoms with E-state index in [-0.39, 0.29) is 30.6 Å². The van der Waals surface area contributed by atoms with Gasteiger partial charge in [-0.25, -0.2) is 4.79 Å². The molecule has 4 atom stereocenters. The zero-order valence-corrected chi connectivity index (χ0v) is 25.1. The highest BCUT2D eigenvalue weighted by Crippen LogP contribution is 2.29. The number of carbonyl (C=O) groups excluding carboxylic acids is 2. The lowest BCUT2D eigenvalue weighted by Gasteiger charge is -2.34. The number of aliphatic hydroxyl groups is 1. The summed E-state index contributed by atoms with van der Waals surface area (Å²) in [6.07, 6.45) is 2.46. The summed E-state index contributed by atoms with van der Waals surface area (Å²) < 4.78 is 12.5. The van der Waals surface area contributed by atoms with Gasteiger partial charge in [0.05, 0.1) is 36.1 Å². The summed E-state index contributed by atoms with van der Waals surface area (Å²) in [7, 11) is 1.89. The Balaban J connectivity index is 1.63. The normalized spacial score (nSPS) is 21.1. The molecule has 4 rings (SSSR count). The second-order valence-electron chi connectivity index (χ2n) is 11.2. The van der Waals surface area contributed by atoms with Crippen molar-refractivity contribution >= 4 is 34.1 Å². The molecule has 226 valence electrons. The quantitative estimate of drug-likeness (QED) is 0.308. The van der Waals surface area contributed by atoms with E-state index in [1.807, 2.05) is 63.4 Å². The highest BCUT2D eigenvalue weighted by molar-refractivity contribution is 6.07. The molecule has 0 fully saturated rings. The first-order valence-electron chi connectivity index (χ1n) is 14.8. The van der Waals surface area contributed by atoms with Crippen LogP contribution in [0, 0.1) is 5.92 Å². The number of urea groups is 1. The van der Waals surface area contributed by atoms with E-state index in [9.17, 15) is 14.7 Å². The van der Waals surface area contributed by atoms with E-state index in [2.05, 4.69) is 22.9 Å². The van der Waals surface area contributed by atoms with E-state index in [1.54, 1.807) is 23.1 Å². The predicted octanol–water partition coefficient (Wildman–Crippen LogP) is 5.50. The van der Waals surface area contributed by atoms with Crippen LogP contribution in [-0.2, 0) is 4.74 Å². The third-order valence-corrected chi connectivity index (χ3v) is 7.75. The minimum absolute atomic E-state index is 0.00872. The van der Waals surface area contributed by atoms with Gasteiger partial charge in [0.25, 0.3) is 5.91 Å². The first-order valence-corrected chi connectivity index (χ1v) is 14.8. The molecule has 0 aliphatic carbocycles. The number of nitrogens with zero attached hydrogens (tertiary/aromatic N) is 1. The number of aliphatic hydroxyl groups excluding tert-OH is 1. The van der Waals surface area contributed by atoms with Crippen LogP contribution in [0.2, 0.25) is 0 Å². The van der Waals surface area contributed by atoms with Gasteiger partial charge in [-0.3, -0.25) is 4.79 Å². The number of anilines is 2. The van der Waals surface area contributed by atoms with Gasteiger partial charge in [0.15, 0.2) is 0 Å². The van der Waals surface area contributed by atoms with Crippen LogP contribution < -0.4 is 20.7 Å². The van der Waals surface area contributed by atoms with Gasteiger partial charge in [0, 0.05) is 36.7 Å². The number of benzene rings is 3. The first kappa shape index (κ1) is 31.3. The van der Waals surface area contributed by atoms with Gasteiger partial charge in [-0.2, -0.15) is 0 Å². The second-order valence-corrected chi connectivity index (χ2v) is 11.2. The number of hydrogen-bond acceptors (Lipinski definition) is 6. The lowest BCUT2D eigenvalue weighted by molar-refractivity contribution is -0.000451. The number of hydrogen-bond donors (Lipinski definition) is 4. The Labute approximate surface area is 248 Å². The lowest BCUT2D eigenvalue weighted by atomic mass is 10.0. The van der Waals surface area contributed by atoms with Crippen LogP contribution in [0.3, 0.4) is 0 Å². The van der Waals surface area contributed by atoms with Gasteiger partial charge in [0.2, 0.25) is 0 Å². The van der Waals surface area contributed by atoms with Crippen molar-refractivity contribution in [2.75, 3.05) is 44.0 Å². The third kappa shape index (κ3) is 8.00. The summed E-state index contributed by atoms with van der Waals surface area (Å²) >= 11 is 0. The van der Waals surface area contributed by atoms with E-state index in [0.29, 0.717) is 42.4 Å². The summed E-state index contributed by atoms with van der Waals surface area (Å²) in [5.41, 5.74) is 1.48. The summed E-state index contributed by atoms with van der Waals surface area (Å²) in [5, 5.41) is 21.0. The average Bonchev–Trinajstić information content (AvgIpc) is 2.98. The average molecular weight is 577 g/mol. The molecule has 4 N–H and O–H groups in total. The molecule has 42 heavy (non-hydrogen) atoms. The number of nitrogens with one attached hydrogen (secondary N) is 3. The van der Waals surface area contributed by atoms with Crippen molar-refractivity contribution in [1.82, 2.24) is 10.2 Å². The van der Waals surface area contributed by atoms with E-state index in [1.165, 1.54) is 0 Å². The Morgan fingerprint density at radius 2 is 1.86 bits per heavy atom. The summed E-state index contributed by atoms with van der Waals surface area (Å²) in [6.45, 7) is 7.38. The standard InChI is InChI=1S/C33H44N4O5/c1-22-20-37(23(2)21-38)32(39)28-18-26(35-33(40)36-29-14-9-12-25-11-5-6-13-27(25)29)15-16-30(28)42-24(3)10-7-8-17-41-31(22)19-34-4/h5-6,9,11-16,18,22-24,31,34,38H,7-8,10,17,19-21H2,1-4H3,(H2,35,36,40)/t22-,23+,24-,31-/m1/s1. The lowest BCUT2D eigenvalue weighted by Crippen LogP contribution is -2.47. The van der Waals surface area contributed by atoms with Crippen molar-refractivity contribution < 1.29 is 24.2 Å². The van der Waals surface area contributed by atoms with E-state index in [0.717, 1.165) is 30.0 Å². The molecule has 0 radical (unpaired) electrons. The van der Waals surface area contributed by atoms with Gasteiger partial charge in [0.1, 0.15) is 5.75 Å². The fourth-order valence-corrected chi connectivity index (χ4v) is 5.31. The van der Waals surface area contributed by atoms with Gasteiger partial charge in [-0.1, -0.05) is 43.3 Å². The van der Waals surface area contributed by atoms with Crippen LogP contribution in [0.25, 0.3) is 10.8 Å². The maximum atomic E-state index is 14.1. The fourth-order valence-electron chi connectivity index (χ4n) is 5.31. The maximum absolute atomic E-state index is 14.1. The van der Waals surface area contributed by atoms with Gasteiger partial charge in [-0.15, -0.1) is 0 Å². The molecule has 0 saturated carbocycles. The molecule has 9 heteroatoms. The molecule has 0 spiro atoms. The fraction of sp³-hybridized carbons (Fsp3) is 0.455. The summed E-state index contributed by atoms with van der Waals surface area (Å²) in [5.74, 6) is 0.189. The van der Waals surface area contributed by atoms with E-state index < -0.39 is 12.1 Å². The Kier molecular flexibility index (Phi) is 11.2. The topological polar surface area (TPSA) is 112 Å². The molecule has 1 aliphatic rings. The molecule has 0 bridgehead atoms. The molecule has 1 aliphatic heterocycles. The number of carbonyl (C=O) groups is 2. The zero-order chi connectivity index (χ0) is 30.1. The van der Waals surface area contributed by atoms with Crippen molar-refractivity contribution in [2.45, 2.75) is 58.3 Å². The number of amides is 3. The van der Waals surface area contributed by atoms with Crippen LogP contribution in [0.4, 0.5) is 16.2 Å². The Morgan fingerprint density at radius 3 is 2.64 bits per heavy atom. The largest absolute Gasteiger partial charge is 0.490 e. The molecule has 0 saturated heterocycles. The highest BCUT2D eigenvalue weighted by atomic mass is 16.5. The number of likely N-dealkylation sites (N-methyl/N-ethyl adjacent to an activating group) is 1. The first-order chi connectivity index (χ1) is 20.3. The van der Waals surface area contributed by atoms with Crippen molar-refractivity contribution in [3.63, 3.8) is 0 Å². The molecular weight excluding hydrogens is 532 g/mol. The second kappa shape index (κ2) is 15.0. The van der Waals surface area contributed by atoms with Gasteiger partial charge >= 0.3 is 6.03 Å². The smallest absolute Gasteiger partial charge is 0.323 e. The number of rotatable bonds is 6. The molecule has 3 aromatic carbocycles. The molecule has 9 nitrogen and oxygen atoms in total. The number of ether oxygens (including phenoxy) is 2. The summed E-state index contributed by atoms with van der Waals surface area (Å²) in [4.78, 5) is 28.9. The highest BCUT2D eigenvalue weighted by Gasteiger charge is 2.29. The third-order valence-electron chi connectivity index (χ3n) is 7.75. The minimum Gasteiger partial charge on any atom is -0.490 e. The predicted molar refractivity (Wildman–Crippen MR) is 167 cm³/mol. The van der Waals surface area contributed by atoms with Crippen molar-refractivity contribution in [3.05, 3.63) is 66.2 Å². The Hall–Kier alpha value is -3.66. The van der Waals surface area contributed by atoms with E-state index in [4.69, 9.17) is 9.47 Å². The summed E-state index contributed by atoms with van der Waals surface area (Å²) in [6, 6.07) is 17.9. The molecule has 0 aromatic heterocycles. The number of fused-ring (bicyclic) bond motifs is 2. The van der Waals surface area contributed by atoms with Crippen molar-refractivity contribution in [2.24, 2.45) is 5.92 Å². The van der Waals surface area contributed by atoms with E-state index >= 15 is 0 Å².